The summed E-state index contributed by atoms with van der Waals surface area (Å²) in [6, 6.07) is 8.61. The molecule has 2 aliphatic rings. The quantitative estimate of drug-likeness (QED) is 0.494. The number of aliphatic hydroxyl groups is 2. The van der Waals surface area contributed by atoms with Crippen LogP contribution in [-0.4, -0.2) is 50.0 Å². The predicted octanol–water partition coefficient (Wildman–Crippen LogP) is 3.18. The molecule has 2 heterocycles. The number of anilines is 2. The van der Waals surface area contributed by atoms with Crippen LogP contribution >= 0.6 is 11.3 Å². The van der Waals surface area contributed by atoms with Gasteiger partial charge in [0, 0.05) is 24.6 Å². The number of hydrogen-bond acceptors (Lipinski definition) is 8. The van der Waals surface area contributed by atoms with Crippen LogP contribution < -0.4 is 10.6 Å². The molecule has 8 heteroatoms. The van der Waals surface area contributed by atoms with E-state index in [1.165, 1.54) is 0 Å². The van der Waals surface area contributed by atoms with E-state index in [1.54, 1.807) is 11.3 Å². The van der Waals surface area contributed by atoms with Crippen molar-refractivity contribution in [2.24, 2.45) is 5.92 Å². The smallest absolute Gasteiger partial charge is 0.225 e. The molecule has 7 nitrogen and oxygen atoms in total. The fourth-order valence-electron chi connectivity index (χ4n) is 4.00. The Balaban J connectivity index is 1.53. The largest absolute Gasteiger partial charge is 0.396 e. The molecule has 2 fully saturated rings. The Labute approximate surface area is 173 Å². The minimum Gasteiger partial charge on any atom is -0.396 e. The molecular weight excluding hydrogens is 386 g/mol. The van der Waals surface area contributed by atoms with Crippen molar-refractivity contribution in [3.8, 4) is 10.6 Å². The number of thiazole rings is 1. The fourth-order valence-corrected chi connectivity index (χ4v) is 5.06. The van der Waals surface area contributed by atoms with E-state index in [-0.39, 0.29) is 18.6 Å². The molecule has 3 atom stereocenters. The second-order valence-electron chi connectivity index (χ2n) is 8.08. The molecule has 3 unspecified atom stereocenters. The van der Waals surface area contributed by atoms with Gasteiger partial charge in [-0.25, -0.2) is 9.97 Å². The van der Waals surface area contributed by atoms with Crippen LogP contribution in [0.5, 0.6) is 0 Å². The zero-order valence-electron chi connectivity index (χ0n) is 16.3. The van der Waals surface area contributed by atoms with Gasteiger partial charge >= 0.3 is 0 Å². The molecule has 0 aliphatic heterocycles. The Morgan fingerprint density at radius 2 is 1.90 bits per heavy atom. The van der Waals surface area contributed by atoms with Crippen LogP contribution in [0.2, 0.25) is 0 Å². The van der Waals surface area contributed by atoms with Crippen LogP contribution in [0.15, 0.2) is 24.3 Å². The van der Waals surface area contributed by atoms with Crippen molar-refractivity contribution in [1.29, 1.82) is 0 Å². The maximum atomic E-state index is 10.2. The van der Waals surface area contributed by atoms with Crippen molar-refractivity contribution in [2.75, 3.05) is 17.2 Å². The summed E-state index contributed by atoms with van der Waals surface area (Å²) in [5.74, 6) is 1.29. The maximum Gasteiger partial charge on any atom is 0.225 e. The van der Waals surface area contributed by atoms with Crippen molar-refractivity contribution in [3.63, 3.8) is 0 Å². The topological polar surface area (TPSA) is 103 Å². The summed E-state index contributed by atoms with van der Waals surface area (Å²) < 4.78 is 1.13. The standard InChI is InChI=1S/C21H25N5O2S/c1-11-18(20-25-15-4-2-3-5-17(15)29-20)19(26-21(22-11)24-13-6-7-13)23-14-8-12(10-27)16(28)9-14/h2-5,12-14,16,27-28H,6-10H2,1H3,(H2,22,23,24,26). The second-order valence-corrected chi connectivity index (χ2v) is 9.11. The van der Waals surface area contributed by atoms with Gasteiger partial charge in [0.2, 0.25) is 5.95 Å². The molecule has 2 saturated carbocycles. The number of fused-ring (bicyclic) bond motifs is 1. The summed E-state index contributed by atoms with van der Waals surface area (Å²) in [5, 5.41) is 27.5. The first kappa shape index (κ1) is 18.7. The van der Waals surface area contributed by atoms with Gasteiger partial charge in [-0.2, -0.15) is 4.98 Å². The average molecular weight is 412 g/mol. The number of nitrogens with one attached hydrogen (secondary N) is 2. The highest BCUT2D eigenvalue weighted by atomic mass is 32.1. The van der Waals surface area contributed by atoms with E-state index in [0.29, 0.717) is 24.8 Å². The Morgan fingerprint density at radius 3 is 2.62 bits per heavy atom. The lowest BCUT2D eigenvalue weighted by molar-refractivity contribution is 0.0908. The third kappa shape index (κ3) is 3.80. The molecular formula is C21H25N5O2S. The molecule has 0 spiro atoms. The summed E-state index contributed by atoms with van der Waals surface area (Å²) >= 11 is 1.63. The van der Waals surface area contributed by atoms with Gasteiger partial charge in [0.1, 0.15) is 10.8 Å². The zero-order chi connectivity index (χ0) is 20.0. The van der Waals surface area contributed by atoms with E-state index < -0.39 is 6.10 Å². The normalized spacial score (nSPS) is 24.2. The van der Waals surface area contributed by atoms with Gasteiger partial charge < -0.3 is 20.8 Å². The van der Waals surface area contributed by atoms with Crippen molar-refractivity contribution < 1.29 is 10.2 Å². The molecule has 2 aliphatic carbocycles. The first-order valence-corrected chi connectivity index (χ1v) is 11.0. The number of aliphatic hydroxyl groups excluding tert-OH is 2. The zero-order valence-corrected chi connectivity index (χ0v) is 17.1. The summed E-state index contributed by atoms with van der Waals surface area (Å²) in [5.41, 5.74) is 2.76. The Kier molecular flexibility index (Phi) is 4.85. The number of nitrogens with zero attached hydrogens (tertiary/aromatic N) is 3. The van der Waals surface area contributed by atoms with Crippen LogP contribution in [0.4, 0.5) is 11.8 Å². The number of para-hydroxylation sites is 1. The van der Waals surface area contributed by atoms with Gasteiger partial charge in [-0.05, 0) is 44.7 Å². The molecule has 5 rings (SSSR count). The van der Waals surface area contributed by atoms with Crippen LogP contribution in [-0.2, 0) is 0 Å². The maximum absolute atomic E-state index is 10.2. The van der Waals surface area contributed by atoms with Gasteiger partial charge in [0.25, 0.3) is 0 Å². The number of benzene rings is 1. The third-order valence-corrected chi connectivity index (χ3v) is 6.79. The fraction of sp³-hybridized carbons (Fsp3) is 0.476. The van der Waals surface area contributed by atoms with Gasteiger partial charge in [0.15, 0.2) is 0 Å². The summed E-state index contributed by atoms with van der Waals surface area (Å²) in [6.45, 7) is 1.99. The van der Waals surface area contributed by atoms with Gasteiger partial charge in [0.05, 0.1) is 27.6 Å². The number of rotatable bonds is 6. The highest BCUT2D eigenvalue weighted by Gasteiger charge is 2.33. The molecule has 1 aromatic carbocycles. The van der Waals surface area contributed by atoms with E-state index in [9.17, 15) is 10.2 Å². The highest BCUT2D eigenvalue weighted by molar-refractivity contribution is 7.21. The lowest BCUT2D eigenvalue weighted by Gasteiger charge is -2.18. The second kappa shape index (κ2) is 7.51. The molecule has 2 aromatic heterocycles. The molecule has 4 N–H and O–H groups in total. The third-order valence-electron chi connectivity index (χ3n) is 5.74. The van der Waals surface area contributed by atoms with E-state index in [2.05, 4.69) is 16.7 Å². The number of hydrogen-bond donors (Lipinski definition) is 4. The lowest BCUT2D eigenvalue weighted by Crippen LogP contribution is -2.19. The van der Waals surface area contributed by atoms with Gasteiger partial charge in [-0.3, -0.25) is 0 Å². The summed E-state index contributed by atoms with van der Waals surface area (Å²) in [6.07, 6.45) is 3.12. The first-order chi connectivity index (χ1) is 14.1. The van der Waals surface area contributed by atoms with Crippen LogP contribution in [0.1, 0.15) is 31.4 Å². The Bertz CT molecular complexity index is 1000. The number of aryl methyl sites for hydroxylation is 1. The molecule has 3 aromatic rings. The molecule has 0 saturated heterocycles. The molecule has 0 bridgehead atoms. The van der Waals surface area contributed by atoms with Crippen LogP contribution in [0, 0.1) is 12.8 Å². The number of aromatic nitrogens is 3. The van der Waals surface area contributed by atoms with Crippen molar-refractivity contribution in [1.82, 2.24) is 15.0 Å². The van der Waals surface area contributed by atoms with Gasteiger partial charge in [-0.1, -0.05) is 12.1 Å². The minimum atomic E-state index is -0.490. The van der Waals surface area contributed by atoms with E-state index in [4.69, 9.17) is 15.0 Å². The Morgan fingerprint density at radius 1 is 1.07 bits per heavy atom. The molecule has 0 amide bonds. The summed E-state index contributed by atoms with van der Waals surface area (Å²) in [7, 11) is 0. The monoisotopic (exact) mass is 411 g/mol. The van der Waals surface area contributed by atoms with Crippen LogP contribution in [0.25, 0.3) is 20.8 Å². The van der Waals surface area contributed by atoms with Crippen molar-refractivity contribution >= 4 is 33.3 Å². The Hall–Kier alpha value is -2.29. The lowest BCUT2D eigenvalue weighted by atomic mass is 10.1. The van der Waals surface area contributed by atoms with Crippen molar-refractivity contribution in [3.05, 3.63) is 30.0 Å². The predicted molar refractivity (Wildman–Crippen MR) is 115 cm³/mol. The van der Waals surface area contributed by atoms with Crippen LogP contribution in [0.3, 0.4) is 0 Å². The summed E-state index contributed by atoms with van der Waals surface area (Å²) in [4.78, 5) is 14.3. The van der Waals surface area contributed by atoms with E-state index >= 15 is 0 Å². The first-order valence-electron chi connectivity index (χ1n) is 10.2. The minimum absolute atomic E-state index is 0.00135. The molecule has 0 radical (unpaired) electrons. The van der Waals surface area contributed by atoms with Crippen molar-refractivity contribution in [2.45, 2.75) is 50.8 Å². The average Bonchev–Trinajstić information content (AvgIpc) is 3.28. The highest BCUT2D eigenvalue weighted by Crippen LogP contribution is 2.38. The molecule has 29 heavy (non-hydrogen) atoms. The van der Waals surface area contributed by atoms with Gasteiger partial charge in [-0.15, -0.1) is 11.3 Å². The van der Waals surface area contributed by atoms with E-state index in [0.717, 1.165) is 45.1 Å². The van der Waals surface area contributed by atoms with E-state index in [1.807, 2.05) is 25.1 Å². The molecule has 152 valence electrons. The SMILES string of the molecule is Cc1nc(NC2CC2)nc(NC2CC(O)C(CO)C2)c1-c1nc2ccccc2s1.